The van der Waals surface area contributed by atoms with Gasteiger partial charge in [-0.1, -0.05) is 78.6 Å². The summed E-state index contributed by atoms with van der Waals surface area (Å²) in [7, 11) is 0. The number of imidazole rings is 1. The van der Waals surface area contributed by atoms with Crippen LogP contribution in [0.25, 0.3) is 0 Å². The molecule has 1 aromatic heterocycles. The molecule has 24 heavy (non-hydrogen) atoms. The second-order valence-corrected chi connectivity index (χ2v) is 8.04. The predicted molar refractivity (Wildman–Crippen MR) is 106 cm³/mol. The van der Waals surface area contributed by atoms with E-state index in [9.17, 15) is 0 Å². The van der Waals surface area contributed by atoms with Gasteiger partial charge in [-0.05, 0) is 26.7 Å². The van der Waals surface area contributed by atoms with Crippen LogP contribution in [0.2, 0.25) is 0 Å². The normalized spacial score (nSPS) is 11.8. The minimum absolute atomic E-state index is 0.556. The van der Waals surface area contributed by atoms with Crippen molar-refractivity contribution in [3.8, 4) is 0 Å². The summed E-state index contributed by atoms with van der Waals surface area (Å²) >= 11 is 0. The van der Waals surface area contributed by atoms with Gasteiger partial charge < -0.3 is 0 Å². The van der Waals surface area contributed by atoms with E-state index in [2.05, 4.69) is 56.1 Å². The van der Waals surface area contributed by atoms with Crippen LogP contribution in [0.5, 0.6) is 0 Å². The molecule has 2 nitrogen and oxygen atoms in total. The lowest BCUT2D eigenvalue weighted by Gasteiger charge is -2.10. The summed E-state index contributed by atoms with van der Waals surface area (Å²) in [6.07, 6.45) is 20.1. The number of aryl methyl sites for hydroxylation is 1. The molecule has 0 fully saturated rings. The Bertz CT molecular complexity index is 418. The first-order valence-electron chi connectivity index (χ1n) is 10.7. The van der Waals surface area contributed by atoms with E-state index in [1.165, 1.54) is 83.0 Å². The van der Waals surface area contributed by atoms with E-state index in [0.29, 0.717) is 12.0 Å². The van der Waals surface area contributed by atoms with Crippen molar-refractivity contribution in [2.45, 2.75) is 124 Å². The fraction of sp³-hybridized carbons (Fsp3) is 0.864. The van der Waals surface area contributed by atoms with Gasteiger partial charge in [0.05, 0.1) is 18.5 Å². The maximum Gasteiger partial charge on any atom is 0.259 e. The molecule has 0 aromatic carbocycles. The molecule has 1 aromatic rings. The number of unbranched alkanes of at least 4 members (excludes halogenated alkanes) is 10. The highest BCUT2D eigenvalue weighted by atomic mass is 15.2. The van der Waals surface area contributed by atoms with Gasteiger partial charge in [0.15, 0.2) is 0 Å². The van der Waals surface area contributed by atoms with E-state index < -0.39 is 0 Å². The Kier molecular flexibility index (Phi) is 11.1. The van der Waals surface area contributed by atoms with E-state index in [-0.39, 0.29) is 0 Å². The standard InChI is InChI=1S/C22H43N2/c1-6-7-8-9-10-11-12-13-14-15-16-17-23-18-19-24(21(4)5)22(23)20(2)3/h18-21H,6-17H2,1-5H3/q+1. The van der Waals surface area contributed by atoms with E-state index >= 15 is 0 Å². The van der Waals surface area contributed by atoms with Gasteiger partial charge >= 0.3 is 0 Å². The van der Waals surface area contributed by atoms with E-state index in [1.807, 2.05) is 0 Å². The van der Waals surface area contributed by atoms with Gasteiger partial charge in [0.25, 0.3) is 5.82 Å². The zero-order chi connectivity index (χ0) is 17.8. The Hall–Kier alpha value is -0.790. The highest BCUT2D eigenvalue weighted by Gasteiger charge is 2.21. The second kappa shape index (κ2) is 12.6. The van der Waals surface area contributed by atoms with Crippen LogP contribution in [0.4, 0.5) is 0 Å². The highest BCUT2D eigenvalue weighted by molar-refractivity contribution is 4.91. The van der Waals surface area contributed by atoms with E-state index in [0.717, 1.165) is 0 Å². The van der Waals surface area contributed by atoms with Crippen molar-refractivity contribution in [1.82, 2.24) is 4.57 Å². The summed E-state index contributed by atoms with van der Waals surface area (Å²) in [4.78, 5) is 0. The molecule has 2 heteroatoms. The molecule has 0 atom stereocenters. The summed E-state index contributed by atoms with van der Waals surface area (Å²) in [5.41, 5.74) is 0. The molecule has 0 spiro atoms. The molecule has 1 heterocycles. The Balaban J connectivity index is 2.13. The summed E-state index contributed by atoms with van der Waals surface area (Å²) < 4.78 is 4.92. The van der Waals surface area contributed by atoms with Crippen molar-refractivity contribution in [2.75, 3.05) is 0 Å². The molecule has 0 unspecified atom stereocenters. The van der Waals surface area contributed by atoms with Crippen LogP contribution in [-0.4, -0.2) is 4.57 Å². The lowest BCUT2D eigenvalue weighted by Crippen LogP contribution is -2.38. The Morgan fingerprint density at radius 2 is 1.29 bits per heavy atom. The van der Waals surface area contributed by atoms with Crippen molar-refractivity contribution < 1.29 is 4.57 Å². The topological polar surface area (TPSA) is 8.81 Å². The fourth-order valence-corrected chi connectivity index (χ4v) is 3.66. The number of aromatic nitrogens is 2. The van der Waals surface area contributed by atoms with Crippen LogP contribution in [0.15, 0.2) is 12.4 Å². The lowest BCUT2D eigenvalue weighted by atomic mass is 10.1. The average Bonchev–Trinajstić information content (AvgIpc) is 2.97. The minimum atomic E-state index is 0.556. The molecule has 0 N–H and O–H groups in total. The maximum atomic E-state index is 2.48. The predicted octanol–water partition coefficient (Wildman–Crippen LogP) is 6.79. The minimum Gasteiger partial charge on any atom is -0.234 e. The molecule has 0 bridgehead atoms. The summed E-state index contributed by atoms with van der Waals surface area (Å²) in [6, 6.07) is 0.556. The van der Waals surface area contributed by atoms with Crippen LogP contribution in [0, 0.1) is 0 Å². The average molecular weight is 336 g/mol. The van der Waals surface area contributed by atoms with Gasteiger partial charge in [-0.15, -0.1) is 0 Å². The van der Waals surface area contributed by atoms with Crippen molar-refractivity contribution in [2.24, 2.45) is 0 Å². The van der Waals surface area contributed by atoms with Gasteiger partial charge in [0, 0.05) is 0 Å². The van der Waals surface area contributed by atoms with Crippen LogP contribution in [0.1, 0.15) is 123 Å². The lowest BCUT2D eigenvalue weighted by molar-refractivity contribution is -0.705. The summed E-state index contributed by atoms with van der Waals surface area (Å²) in [5, 5.41) is 0. The van der Waals surface area contributed by atoms with E-state index in [4.69, 9.17) is 0 Å². The van der Waals surface area contributed by atoms with Crippen LogP contribution in [-0.2, 0) is 6.54 Å². The van der Waals surface area contributed by atoms with Crippen LogP contribution in [0.3, 0.4) is 0 Å². The summed E-state index contributed by atoms with van der Waals surface area (Å²) in [6.45, 7) is 12.7. The first kappa shape index (κ1) is 21.3. The van der Waals surface area contributed by atoms with Crippen LogP contribution >= 0.6 is 0 Å². The first-order valence-corrected chi connectivity index (χ1v) is 10.7. The van der Waals surface area contributed by atoms with Gasteiger partial charge in [-0.25, -0.2) is 9.13 Å². The molecular weight excluding hydrogens is 292 g/mol. The quantitative estimate of drug-likeness (QED) is 0.261. The summed E-state index contributed by atoms with van der Waals surface area (Å²) in [5.74, 6) is 2.08. The molecule has 0 amide bonds. The molecule has 0 aliphatic rings. The molecule has 1 rings (SSSR count). The number of hydrogen-bond acceptors (Lipinski definition) is 0. The monoisotopic (exact) mass is 335 g/mol. The van der Waals surface area contributed by atoms with E-state index in [1.54, 1.807) is 0 Å². The Morgan fingerprint density at radius 3 is 1.75 bits per heavy atom. The van der Waals surface area contributed by atoms with Gasteiger partial charge in [-0.2, -0.15) is 0 Å². The fourth-order valence-electron chi connectivity index (χ4n) is 3.66. The van der Waals surface area contributed by atoms with Gasteiger partial charge in [0.2, 0.25) is 0 Å². The van der Waals surface area contributed by atoms with Crippen molar-refractivity contribution >= 4 is 0 Å². The van der Waals surface area contributed by atoms with Gasteiger partial charge in [0.1, 0.15) is 12.4 Å². The molecule has 0 saturated heterocycles. The zero-order valence-corrected chi connectivity index (χ0v) is 17.2. The third kappa shape index (κ3) is 7.85. The molecule has 0 aliphatic carbocycles. The molecule has 0 radical (unpaired) electrons. The first-order chi connectivity index (χ1) is 11.6. The molecule has 0 aliphatic heterocycles. The number of nitrogens with zero attached hydrogens (tertiary/aromatic N) is 2. The van der Waals surface area contributed by atoms with Gasteiger partial charge in [-0.3, -0.25) is 0 Å². The Labute approximate surface area is 151 Å². The molecule has 0 saturated carbocycles. The zero-order valence-electron chi connectivity index (χ0n) is 17.2. The molecular formula is C22H43N2+. The maximum absolute atomic E-state index is 2.48. The SMILES string of the molecule is CCCCCCCCCCCCC[n+]1ccn(C(C)C)c1C(C)C. The Morgan fingerprint density at radius 1 is 0.792 bits per heavy atom. The van der Waals surface area contributed by atoms with Crippen molar-refractivity contribution in [3.63, 3.8) is 0 Å². The largest absolute Gasteiger partial charge is 0.259 e. The van der Waals surface area contributed by atoms with Crippen LogP contribution < -0.4 is 4.57 Å². The second-order valence-electron chi connectivity index (χ2n) is 8.04. The van der Waals surface area contributed by atoms with Crippen molar-refractivity contribution in [1.29, 1.82) is 0 Å². The third-order valence-corrected chi connectivity index (χ3v) is 5.04. The smallest absolute Gasteiger partial charge is 0.234 e. The third-order valence-electron chi connectivity index (χ3n) is 5.04. The number of rotatable bonds is 14. The molecule has 140 valence electrons. The highest BCUT2D eigenvalue weighted by Crippen LogP contribution is 2.16. The van der Waals surface area contributed by atoms with Crippen molar-refractivity contribution in [3.05, 3.63) is 18.2 Å². The number of hydrogen-bond donors (Lipinski definition) is 0.